The van der Waals surface area contributed by atoms with Crippen molar-refractivity contribution < 1.29 is 31.5 Å². The lowest BCUT2D eigenvalue weighted by atomic mass is 10.00. The van der Waals surface area contributed by atoms with Crippen molar-refractivity contribution in [2.45, 2.75) is 33.3 Å². The third-order valence-corrected chi connectivity index (χ3v) is 9.11. The summed E-state index contributed by atoms with van der Waals surface area (Å²) < 4.78 is 64.6. The summed E-state index contributed by atoms with van der Waals surface area (Å²) in [6, 6.07) is 5.46. The summed E-state index contributed by atoms with van der Waals surface area (Å²) in [5.41, 5.74) is -2.53. The number of piperazine rings is 1. The Morgan fingerprint density at radius 2 is 1.69 bits per heavy atom. The predicted molar refractivity (Wildman–Crippen MR) is 174 cm³/mol. The predicted octanol–water partition coefficient (Wildman–Crippen LogP) is 3.35. The molecule has 17 heteroatoms. The second-order valence-electron chi connectivity index (χ2n) is 12.0. The molecule has 1 aliphatic rings. The Morgan fingerprint density at radius 3 is 2.31 bits per heavy atom. The van der Waals surface area contributed by atoms with Gasteiger partial charge in [0.15, 0.2) is 11.6 Å². The number of hydrogen-bond donors (Lipinski definition) is 1. The van der Waals surface area contributed by atoms with Crippen molar-refractivity contribution in [2.75, 3.05) is 49.4 Å². The monoisotopic (exact) mass is 684 g/mol. The number of ketones is 1. The lowest BCUT2D eigenvalue weighted by Crippen LogP contribution is -2.50. The topological polar surface area (TPSA) is 160 Å². The molecule has 0 unspecified atom stereocenters. The van der Waals surface area contributed by atoms with Crippen LogP contribution in [0.25, 0.3) is 16.6 Å². The molecule has 1 amide bonds. The number of benzene rings is 2. The maximum atomic E-state index is 15.4. The third kappa shape index (κ3) is 7.11. The van der Waals surface area contributed by atoms with Crippen LogP contribution >= 0.6 is 0 Å². The summed E-state index contributed by atoms with van der Waals surface area (Å²) in [5.74, 6) is -3.32. The summed E-state index contributed by atoms with van der Waals surface area (Å²) >= 11 is 0. The Hall–Kier alpha value is -5.03. The molecule has 14 nitrogen and oxygen atoms in total. The van der Waals surface area contributed by atoms with Crippen molar-refractivity contribution in [1.82, 2.24) is 28.7 Å². The van der Waals surface area contributed by atoms with Crippen LogP contribution in [-0.4, -0.2) is 94.4 Å². The zero-order chi connectivity index (χ0) is 35.0. The molecular formula is C31H34F2N8O6S. The molecule has 1 saturated heterocycles. The fourth-order valence-electron chi connectivity index (χ4n) is 4.84. The highest BCUT2D eigenvalue weighted by Gasteiger charge is 2.28. The molecule has 0 saturated carbocycles. The molecule has 0 atom stereocenters. The molecule has 0 bridgehead atoms. The van der Waals surface area contributed by atoms with E-state index in [1.807, 2.05) is 9.62 Å². The van der Waals surface area contributed by atoms with Gasteiger partial charge >= 0.3 is 16.3 Å². The number of anilines is 2. The van der Waals surface area contributed by atoms with Crippen LogP contribution in [0.1, 0.15) is 43.6 Å². The van der Waals surface area contributed by atoms with Crippen LogP contribution in [0, 0.1) is 11.6 Å². The van der Waals surface area contributed by atoms with Crippen molar-refractivity contribution in [2.24, 2.45) is 0 Å². The number of aromatic nitrogens is 4. The number of halogens is 2. The van der Waals surface area contributed by atoms with E-state index in [0.29, 0.717) is 32.1 Å². The van der Waals surface area contributed by atoms with Crippen LogP contribution in [0.4, 0.5) is 25.2 Å². The largest absolute Gasteiger partial charge is 0.444 e. The molecule has 3 heterocycles. The van der Waals surface area contributed by atoms with Gasteiger partial charge in [0, 0.05) is 45.3 Å². The molecule has 2 aromatic heterocycles. The number of carbonyl (C=O) groups excluding carboxylic acids is 2. The van der Waals surface area contributed by atoms with Crippen molar-refractivity contribution in [3.8, 4) is 5.69 Å². The average molecular weight is 685 g/mol. The Bertz CT molecular complexity index is 2040. The highest BCUT2D eigenvalue weighted by atomic mass is 32.2. The first-order valence-electron chi connectivity index (χ1n) is 14.9. The third-order valence-electron chi connectivity index (χ3n) is 7.55. The standard InChI is InChI=1S/C31H34F2N8O6S/c1-6-38(5)48(45,46)37-24-10-8-22(32)25(26(24)33)27(42)19-7-9-23-21(15-19)28(43)41(18-36-23)20-16-34-29(35-17-20)39-11-13-40(14-12-39)30(44)47-31(2,3)4/h7-10,15-18,37H,6,11-14H2,1-5H3. The molecule has 48 heavy (non-hydrogen) atoms. The Labute approximate surface area is 275 Å². The van der Waals surface area contributed by atoms with E-state index in [4.69, 9.17) is 4.74 Å². The Morgan fingerprint density at radius 1 is 1.02 bits per heavy atom. The van der Waals surface area contributed by atoms with E-state index in [0.717, 1.165) is 16.4 Å². The average Bonchev–Trinajstić information content (AvgIpc) is 3.05. The van der Waals surface area contributed by atoms with E-state index >= 15 is 4.39 Å². The molecule has 0 spiro atoms. The minimum Gasteiger partial charge on any atom is -0.444 e. The summed E-state index contributed by atoms with van der Waals surface area (Å²) in [7, 11) is -2.90. The molecule has 2 aromatic carbocycles. The number of nitrogens with one attached hydrogen (secondary N) is 1. The van der Waals surface area contributed by atoms with E-state index < -0.39 is 56.1 Å². The summed E-state index contributed by atoms with van der Waals surface area (Å²) in [4.78, 5) is 55.8. The molecule has 0 radical (unpaired) electrons. The minimum atomic E-state index is -4.17. The van der Waals surface area contributed by atoms with Gasteiger partial charge in [0.25, 0.3) is 5.56 Å². The first-order valence-corrected chi connectivity index (χ1v) is 16.4. The zero-order valence-electron chi connectivity index (χ0n) is 26.9. The maximum Gasteiger partial charge on any atom is 0.410 e. The van der Waals surface area contributed by atoms with Gasteiger partial charge in [-0.15, -0.1) is 0 Å². The van der Waals surface area contributed by atoms with E-state index in [-0.39, 0.29) is 28.7 Å². The number of fused-ring (bicyclic) bond motifs is 1. The van der Waals surface area contributed by atoms with Gasteiger partial charge in [-0.05, 0) is 51.1 Å². The Kier molecular flexibility index (Phi) is 9.46. The van der Waals surface area contributed by atoms with Crippen LogP contribution in [0.3, 0.4) is 0 Å². The number of amides is 1. The van der Waals surface area contributed by atoms with E-state index in [1.165, 1.54) is 48.5 Å². The number of hydrogen-bond acceptors (Lipinski definition) is 10. The van der Waals surface area contributed by atoms with Crippen molar-refractivity contribution in [3.63, 3.8) is 0 Å². The summed E-state index contributed by atoms with van der Waals surface area (Å²) in [6.07, 6.45) is 3.74. The van der Waals surface area contributed by atoms with Crippen molar-refractivity contribution in [1.29, 1.82) is 0 Å². The first kappa shape index (κ1) is 34.3. The maximum absolute atomic E-state index is 15.4. The quantitative estimate of drug-likeness (QED) is 0.273. The number of rotatable bonds is 8. The molecule has 1 N–H and O–H groups in total. The van der Waals surface area contributed by atoms with E-state index in [2.05, 4.69) is 15.0 Å². The summed E-state index contributed by atoms with van der Waals surface area (Å²) in [6.45, 7) is 8.83. The van der Waals surface area contributed by atoms with Crippen molar-refractivity contribution >= 4 is 44.6 Å². The van der Waals surface area contributed by atoms with Gasteiger partial charge in [-0.25, -0.2) is 28.5 Å². The lowest BCUT2D eigenvalue weighted by Gasteiger charge is -2.35. The van der Waals surface area contributed by atoms with Crippen LogP contribution < -0.4 is 15.2 Å². The fraction of sp³-hybridized carbons (Fsp3) is 0.355. The van der Waals surface area contributed by atoms with Gasteiger partial charge in [-0.3, -0.25) is 18.9 Å². The van der Waals surface area contributed by atoms with E-state index in [9.17, 15) is 27.2 Å². The van der Waals surface area contributed by atoms with Gasteiger partial charge in [0.1, 0.15) is 17.7 Å². The van der Waals surface area contributed by atoms with Gasteiger partial charge in [-0.2, -0.15) is 12.7 Å². The van der Waals surface area contributed by atoms with Crippen LogP contribution in [0.5, 0.6) is 0 Å². The van der Waals surface area contributed by atoms with Crippen LogP contribution in [0.2, 0.25) is 0 Å². The van der Waals surface area contributed by atoms with Gasteiger partial charge in [0.2, 0.25) is 5.95 Å². The van der Waals surface area contributed by atoms with Gasteiger partial charge < -0.3 is 14.5 Å². The fourth-order valence-corrected chi connectivity index (χ4v) is 5.77. The molecule has 254 valence electrons. The number of ether oxygens (including phenoxy) is 1. The second kappa shape index (κ2) is 13.2. The van der Waals surface area contributed by atoms with Gasteiger partial charge in [-0.1, -0.05) is 6.92 Å². The normalized spacial score (nSPS) is 14.0. The molecule has 4 aromatic rings. The molecule has 0 aliphatic carbocycles. The molecular weight excluding hydrogens is 650 g/mol. The van der Waals surface area contributed by atoms with Crippen LogP contribution in [0.15, 0.2) is 53.8 Å². The molecule has 1 aliphatic heterocycles. The second-order valence-corrected chi connectivity index (χ2v) is 13.8. The van der Waals surface area contributed by atoms with Gasteiger partial charge in [0.05, 0.1) is 40.2 Å². The SMILES string of the molecule is CCN(C)S(=O)(=O)Nc1ccc(F)c(C(=O)c2ccc3ncn(-c4cnc(N5CCN(C(=O)OC(C)(C)C)CC5)nc4)c(=O)c3c2)c1F. The first-order chi connectivity index (χ1) is 22.6. The van der Waals surface area contributed by atoms with Crippen molar-refractivity contribution in [3.05, 3.63) is 82.2 Å². The minimum absolute atomic E-state index is 0.0204. The highest BCUT2D eigenvalue weighted by molar-refractivity contribution is 7.90. The highest BCUT2D eigenvalue weighted by Crippen LogP contribution is 2.26. The smallest absolute Gasteiger partial charge is 0.410 e. The van der Waals surface area contributed by atoms with E-state index in [1.54, 1.807) is 32.6 Å². The zero-order valence-corrected chi connectivity index (χ0v) is 27.7. The van der Waals surface area contributed by atoms with Crippen LogP contribution in [-0.2, 0) is 14.9 Å². The number of nitrogens with zero attached hydrogens (tertiary/aromatic N) is 7. The molecule has 5 rings (SSSR count). The number of carbonyl (C=O) groups is 2. The Balaban J connectivity index is 1.38. The lowest BCUT2D eigenvalue weighted by molar-refractivity contribution is 0.0240. The summed E-state index contributed by atoms with van der Waals surface area (Å²) in [5, 5.41) is -0.0204. The molecule has 1 fully saturated rings.